The van der Waals surface area contributed by atoms with Crippen molar-refractivity contribution in [3.8, 4) is 5.75 Å². The first kappa shape index (κ1) is 11.0. The van der Waals surface area contributed by atoms with Gasteiger partial charge in [0.25, 0.3) is 0 Å². The number of ether oxygens (including phenoxy) is 1. The molecule has 0 radical (unpaired) electrons. The molecule has 14 heavy (non-hydrogen) atoms. The quantitative estimate of drug-likeness (QED) is 0.786. The van der Waals surface area contributed by atoms with Gasteiger partial charge in [0, 0.05) is 11.8 Å². The highest BCUT2D eigenvalue weighted by Crippen LogP contribution is 2.28. The second-order valence-electron chi connectivity index (χ2n) is 2.59. The number of hydrogen-bond donors (Lipinski definition) is 1. The molecule has 78 valence electrons. The van der Waals surface area contributed by atoms with Crippen LogP contribution in [0.15, 0.2) is 18.2 Å². The third kappa shape index (κ3) is 3.33. The summed E-state index contributed by atoms with van der Waals surface area (Å²) in [5, 5.41) is 0.100. The van der Waals surface area contributed by atoms with E-state index in [4.69, 9.17) is 17.3 Å². The van der Waals surface area contributed by atoms with E-state index in [9.17, 15) is 13.2 Å². The van der Waals surface area contributed by atoms with Crippen LogP contribution >= 0.6 is 11.6 Å². The molecule has 0 saturated heterocycles. The number of nitrogens with two attached hydrogens (primary N) is 1. The Bertz CT molecular complexity index is 327. The summed E-state index contributed by atoms with van der Waals surface area (Å²) in [6, 6.07) is 4.10. The molecule has 0 aliphatic carbocycles. The van der Waals surface area contributed by atoms with Crippen LogP contribution in [0.1, 0.15) is 0 Å². The number of anilines is 1. The number of rotatable bonds is 2. The molecule has 1 aromatic carbocycles. The molecule has 0 unspecified atom stereocenters. The van der Waals surface area contributed by atoms with Crippen LogP contribution in [0.25, 0.3) is 0 Å². The topological polar surface area (TPSA) is 35.2 Å². The zero-order valence-electron chi connectivity index (χ0n) is 6.94. The van der Waals surface area contributed by atoms with Crippen molar-refractivity contribution in [1.82, 2.24) is 0 Å². The minimum absolute atomic E-state index is 0.0657. The summed E-state index contributed by atoms with van der Waals surface area (Å²) >= 11 is 5.58. The number of alkyl halides is 3. The van der Waals surface area contributed by atoms with Gasteiger partial charge < -0.3 is 10.5 Å². The molecule has 1 rings (SSSR count). The molecule has 0 spiro atoms. The molecule has 6 heteroatoms. The Morgan fingerprint density at radius 2 is 2.00 bits per heavy atom. The molecule has 0 aliphatic rings. The van der Waals surface area contributed by atoms with Gasteiger partial charge >= 0.3 is 6.18 Å². The average Bonchev–Trinajstić information content (AvgIpc) is 2.05. The van der Waals surface area contributed by atoms with Crippen LogP contribution in [-0.4, -0.2) is 12.8 Å². The summed E-state index contributed by atoms with van der Waals surface area (Å²) in [5.74, 6) is -0.0657. The summed E-state index contributed by atoms with van der Waals surface area (Å²) in [7, 11) is 0. The Labute approximate surface area is 83.4 Å². The fourth-order valence-electron chi connectivity index (χ4n) is 0.790. The van der Waals surface area contributed by atoms with Gasteiger partial charge in [-0.1, -0.05) is 11.6 Å². The van der Waals surface area contributed by atoms with Crippen LogP contribution in [0.3, 0.4) is 0 Å². The molecule has 2 nitrogen and oxygen atoms in total. The molecular weight excluding hydrogens is 219 g/mol. The summed E-state index contributed by atoms with van der Waals surface area (Å²) in [6.07, 6.45) is -4.38. The first-order valence-electron chi connectivity index (χ1n) is 3.63. The highest BCUT2D eigenvalue weighted by Gasteiger charge is 2.28. The average molecular weight is 226 g/mol. The first-order chi connectivity index (χ1) is 6.38. The summed E-state index contributed by atoms with van der Waals surface area (Å²) in [6.45, 7) is -1.38. The molecule has 0 bridgehead atoms. The van der Waals surface area contributed by atoms with E-state index in [0.29, 0.717) is 5.69 Å². The van der Waals surface area contributed by atoms with E-state index in [1.807, 2.05) is 0 Å². The lowest BCUT2D eigenvalue weighted by molar-refractivity contribution is -0.153. The lowest BCUT2D eigenvalue weighted by Crippen LogP contribution is -2.19. The molecule has 2 N–H and O–H groups in total. The number of halogens is 4. The van der Waals surface area contributed by atoms with Gasteiger partial charge in [-0.05, 0) is 12.1 Å². The third-order valence-electron chi connectivity index (χ3n) is 1.35. The summed E-state index contributed by atoms with van der Waals surface area (Å²) < 4.78 is 39.8. The molecule has 0 aliphatic heterocycles. The normalized spacial score (nSPS) is 11.4. The van der Waals surface area contributed by atoms with Gasteiger partial charge in [-0.15, -0.1) is 0 Å². The van der Waals surface area contributed by atoms with Crippen LogP contribution in [-0.2, 0) is 0 Å². The SMILES string of the molecule is Nc1ccc(Cl)c(OCC(F)(F)F)c1. The van der Waals surface area contributed by atoms with E-state index in [1.165, 1.54) is 18.2 Å². The summed E-state index contributed by atoms with van der Waals surface area (Å²) in [5.41, 5.74) is 5.64. The molecule has 0 saturated carbocycles. The van der Waals surface area contributed by atoms with Crippen molar-refractivity contribution < 1.29 is 17.9 Å². The third-order valence-corrected chi connectivity index (χ3v) is 1.66. The Morgan fingerprint density at radius 1 is 1.36 bits per heavy atom. The maximum Gasteiger partial charge on any atom is 0.422 e. The van der Waals surface area contributed by atoms with E-state index in [-0.39, 0.29) is 10.8 Å². The van der Waals surface area contributed by atoms with Crippen LogP contribution in [0, 0.1) is 0 Å². The number of benzene rings is 1. The van der Waals surface area contributed by atoms with Gasteiger partial charge in [0.05, 0.1) is 5.02 Å². The van der Waals surface area contributed by atoms with E-state index in [2.05, 4.69) is 4.74 Å². The zero-order valence-corrected chi connectivity index (χ0v) is 7.69. The largest absolute Gasteiger partial charge is 0.482 e. The van der Waals surface area contributed by atoms with Crippen molar-refractivity contribution in [2.45, 2.75) is 6.18 Å². The van der Waals surface area contributed by atoms with Crippen LogP contribution < -0.4 is 10.5 Å². The molecular formula is C8H7ClF3NO. The van der Waals surface area contributed by atoms with Gasteiger partial charge in [-0.25, -0.2) is 0 Å². The van der Waals surface area contributed by atoms with Gasteiger partial charge in [0.2, 0.25) is 0 Å². The second-order valence-corrected chi connectivity index (χ2v) is 3.00. The molecule has 0 atom stereocenters. The minimum Gasteiger partial charge on any atom is -0.482 e. The second kappa shape index (κ2) is 3.96. The minimum atomic E-state index is -4.38. The van der Waals surface area contributed by atoms with Gasteiger partial charge in [-0.3, -0.25) is 0 Å². The number of hydrogen-bond acceptors (Lipinski definition) is 2. The molecule has 0 heterocycles. The predicted octanol–water partition coefficient (Wildman–Crippen LogP) is 2.86. The van der Waals surface area contributed by atoms with Gasteiger partial charge in [0.15, 0.2) is 6.61 Å². The fraction of sp³-hybridized carbons (Fsp3) is 0.250. The van der Waals surface area contributed by atoms with E-state index >= 15 is 0 Å². The fourth-order valence-corrected chi connectivity index (χ4v) is 0.962. The lowest BCUT2D eigenvalue weighted by atomic mass is 10.3. The number of nitrogen functional groups attached to an aromatic ring is 1. The zero-order chi connectivity index (χ0) is 10.8. The van der Waals surface area contributed by atoms with Crippen molar-refractivity contribution in [3.05, 3.63) is 23.2 Å². The van der Waals surface area contributed by atoms with Crippen LogP contribution in [0.5, 0.6) is 5.75 Å². The Hall–Kier alpha value is -1.10. The maximum atomic E-state index is 11.8. The monoisotopic (exact) mass is 225 g/mol. The Balaban J connectivity index is 2.72. The van der Waals surface area contributed by atoms with Crippen LogP contribution in [0.2, 0.25) is 5.02 Å². The predicted molar refractivity (Wildman–Crippen MR) is 47.4 cm³/mol. The van der Waals surface area contributed by atoms with Gasteiger partial charge in [-0.2, -0.15) is 13.2 Å². The lowest BCUT2D eigenvalue weighted by Gasteiger charge is -2.10. The summed E-state index contributed by atoms with van der Waals surface area (Å²) in [4.78, 5) is 0. The Kier molecular flexibility index (Phi) is 3.10. The van der Waals surface area contributed by atoms with Gasteiger partial charge in [0.1, 0.15) is 5.75 Å². The Morgan fingerprint density at radius 3 is 2.57 bits per heavy atom. The maximum absolute atomic E-state index is 11.8. The van der Waals surface area contributed by atoms with Crippen molar-refractivity contribution in [2.24, 2.45) is 0 Å². The first-order valence-corrected chi connectivity index (χ1v) is 4.01. The van der Waals surface area contributed by atoms with Crippen molar-refractivity contribution in [1.29, 1.82) is 0 Å². The molecule has 0 aromatic heterocycles. The highest BCUT2D eigenvalue weighted by molar-refractivity contribution is 6.32. The van der Waals surface area contributed by atoms with Crippen LogP contribution in [0.4, 0.5) is 18.9 Å². The van der Waals surface area contributed by atoms with E-state index in [0.717, 1.165) is 0 Å². The smallest absolute Gasteiger partial charge is 0.422 e. The van der Waals surface area contributed by atoms with Crippen molar-refractivity contribution >= 4 is 17.3 Å². The van der Waals surface area contributed by atoms with E-state index < -0.39 is 12.8 Å². The van der Waals surface area contributed by atoms with Crippen molar-refractivity contribution in [2.75, 3.05) is 12.3 Å². The molecule has 0 amide bonds. The van der Waals surface area contributed by atoms with Crippen molar-refractivity contribution in [3.63, 3.8) is 0 Å². The highest BCUT2D eigenvalue weighted by atomic mass is 35.5. The van der Waals surface area contributed by atoms with E-state index in [1.54, 1.807) is 0 Å². The molecule has 1 aromatic rings. The standard InChI is InChI=1S/C8H7ClF3NO/c9-6-2-1-5(13)3-7(6)14-4-8(10,11)12/h1-3H,4,13H2. The molecule has 0 fully saturated rings.